The van der Waals surface area contributed by atoms with E-state index in [1.165, 1.54) is 6.08 Å². The minimum atomic E-state index is -1.02. The zero-order valence-corrected chi connectivity index (χ0v) is 8.43. The lowest BCUT2D eigenvalue weighted by Gasteiger charge is -2.15. The number of aliphatic carboxylic acids is 1. The molecule has 1 amide bonds. The number of hydrogen-bond acceptors (Lipinski definition) is 3. The Morgan fingerprint density at radius 1 is 1.44 bits per heavy atom. The van der Waals surface area contributed by atoms with Gasteiger partial charge in [0.1, 0.15) is 5.82 Å². The van der Waals surface area contributed by atoms with Crippen molar-refractivity contribution in [2.45, 2.75) is 12.8 Å². The molecule has 0 radical (unpaired) electrons. The number of fused-ring (bicyclic) bond motifs is 1. The number of hydrogen-bond donors (Lipinski definition) is 2. The number of nitrogens with one attached hydrogen (secondary N) is 1. The standard InChI is InChI=1S/C11H10N2O3/c14-9-5-2-7-1-3-8(4-6-10(15)16)12-11(7)13-9/h1,3-4,6H,2,5H2,(H,15,16)(H,12,13,14). The Hall–Kier alpha value is -2.17. The highest BCUT2D eigenvalue weighted by Gasteiger charge is 2.15. The summed E-state index contributed by atoms with van der Waals surface area (Å²) in [5, 5.41) is 11.1. The largest absolute Gasteiger partial charge is 0.478 e. The first-order chi connectivity index (χ1) is 7.65. The first-order valence-electron chi connectivity index (χ1n) is 4.86. The first kappa shape index (κ1) is 10.4. The van der Waals surface area contributed by atoms with Crippen LogP contribution in [0.4, 0.5) is 5.82 Å². The first-order valence-corrected chi connectivity index (χ1v) is 4.86. The molecular formula is C11H10N2O3. The van der Waals surface area contributed by atoms with E-state index in [0.717, 1.165) is 11.6 Å². The van der Waals surface area contributed by atoms with Gasteiger partial charge in [-0.3, -0.25) is 4.79 Å². The maximum Gasteiger partial charge on any atom is 0.328 e. The minimum Gasteiger partial charge on any atom is -0.478 e. The van der Waals surface area contributed by atoms with Crippen LogP contribution in [0, 0.1) is 0 Å². The van der Waals surface area contributed by atoms with Gasteiger partial charge in [0.15, 0.2) is 0 Å². The summed E-state index contributed by atoms with van der Waals surface area (Å²) in [6.07, 6.45) is 3.55. The molecule has 1 aliphatic heterocycles. The number of carboxylic acids is 1. The second-order valence-electron chi connectivity index (χ2n) is 3.46. The lowest BCUT2D eigenvalue weighted by Crippen LogP contribution is -2.20. The summed E-state index contributed by atoms with van der Waals surface area (Å²) in [5.74, 6) is -0.549. The maximum absolute atomic E-state index is 11.1. The van der Waals surface area contributed by atoms with Gasteiger partial charge in [-0.2, -0.15) is 0 Å². The van der Waals surface area contributed by atoms with Gasteiger partial charge in [-0.1, -0.05) is 6.07 Å². The third-order valence-electron chi connectivity index (χ3n) is 2.28. The van der Waals surface area contributed by atoms with Gasteiger partial charge in [-0.05, 0) is 24.1 Å². The van der Waals surface area contributed by atoms with Crippen molar-refractivity contribution in [2.75, 3.05) is 5.32 Å². The Bertz CT molecular complexity index is 480. The second-order valence-corrected chi connectivity index (χ2v) is 3.46. The molecule has 16 heavy (non-hydrogen) atoms. The van der Waals surface area contributed by atoms with Crippen molar-refractivity contribution in [1.82, 2.24) is 4.98 Å². The number of amides is 1. The molecule has 2 rings (SSSR count). The molecule has 0 bridgehead atoms. The number of anilines is 1. The highest BCUT2D eigenvalue weighted by Crippen LogP contribution is 2.20. The van der Waals surface area contributed by atoms with Crippen LogP contribution in [0.2, 0.25) is 0 Å². The quantitative estimate of drug-likeness (QED) is 0.727. The molecular weight excluding hydrogens is 208 g/mol. The molecule has 0 aromatic carbocycles. The number of carbonyl (C=O) groups is 2. The highest BCUT2D eigenvalue weighted by molar-refractivity contribution is 5.93. The third kappa shape index (κ3) is 2.25. The van der Waals surface area contributed by atoms with Gasteiger partial charge in [0.05, 0.1) is 5.69 Å². The van der Waals surface area contributed by atoms with E-state index in [-0.39, 0.29) is 5.91 Å². The molecule has 5 heteroatoms. The van der Waals surface area contributed by atoms with E-state index in [9.17, 15) is 9.59 Å². The molecule has 0 saturated carbocycles. The van der Waals surface area contributed by atoms with Crippen molar-refractivity contribution in [1.29, 1.82) is 0 Å². The topological polar surface area (TPSA) is 79.3 Å². The van der Waals surface area contributed by atoms with Crippen LogP contribution in [0.5, 0.6) is 0 Å². The molecule has 1 aromatic rings. The van der Waals surface area contributed by atoms with Crippen LogP contribution < -0.4 is 5.32 Å². The van der Waals surface area contributed by atoms with Gasteiger partial charge in [0.25, 0.3) is 0 Å². The fourth-order valence-electron chi connectivity index (χ4n) is 1.51. The van der Waals surface area contributed by atoms with Gasteiger partial charge >= 0.3 is 5.97 Å². The summed E-state index contributed by atoms with van der Waals surface area (Å²) in [4.78, 5) is 25.6. The monoisotopic (exact) mass is 218 g/mol. The van der Waals surface area contributed by atoms with Gasteiger partial charge < -0.3 is 10.4 Å². The van der Waals surface area contributed by atoms with Crippen LogP contribution in [0.15, 0.2) is 18.2 Å². The number of carboxylic acid groups (broad SMARTS) is 1. The van der Waals surface area contributed by atoms with Crippen molar-refractivity contribution in [3.63, 3.8) is 0 Å². The van der Waals surface area contributed by atoms with Crippen LogP contribution >= 0.6 is 0 Å². The van der Waals surface area contributed by atoms with E-state index in [0.29, 0.717) is 24.4 Å². The number of pyridine rings is 1. The van der Waals surface area contributed by atoms with Gasteiger partial charge in [-0.25, -0.2) is 9.78 Å². The summed E-state index contributed by atoms with van der Waals surface area (Å²) in [6.45, 7) is 0. The molecule has 0 fully saturated rings. The van der Waals surface area contributed by atoms with Crippen molar-refractivity contribution >= 4 is 23.8 Å². The highest BCUT2D eigenvalue weighted by atomic mass is 16.4. The lowest BCUT2D eigenvalue weighted by atomic mass is 10.1. The summed E-state index contributed by atoms with van der Waals surface area (Å²) >= 11 is 0. The van der Waals surface area contributed by atoms with E-state index in [4.69, 9.17) is 5.11 Å². The number of aromatic nitrogens is 1. The van der Waals surface area contributed by atoms with Crippen LogP contribution in [0.3, 0.4) is 0 Å². The fraction of sp³-hybridized carbons (Fsp3) is 0.182. The molecule has 0 spiro atoms. The van der Waals surface area contributed by atoms with Crippen molar-refractivity contribution < 1.29 is 14.7 Å². The van der Waals surface area contributed by atoms with Gasteiger partial charge in [0, 0.05) is 12.5 Å². The summed E-state index contributed by atoms with van der Waals surface area (Å²) in [5.41, 5.74) is 1.50. The number of aryl methyl sites for hydroxylation is 1. The van der Waals surface area contributed by atoms with Crippen LogP contribution in [0.25, 0.3) is 6.08 Å². The van der Waals surface area contributed by atoms with Crippen molar-refractivity contribution in [3.05, 3.63) is 29.5 Å². The molecule has 0 atom stereocenters. The Balaban J connectivity index is 2.27. The number of nitrogens with zero attached hydrogens (tertiary/aromatic N) is 1. The average molecular weight is 218 g/mol. The summed E-state index contributed by atoms with van der Waals surface area (Å²) < 4.78 is 0. The zero-order valence-electron chi connectivity index (χ0n) is 8.43. The average Bonchev–Trinajstić information content (AvgIpc) is 2.25. The van der Waals surface area contributed by atoms with E-state index < -0.39 is 5.97 Å². The predicted octanol–water partition coefficient (Wildman–Crippen LogP) is 1.06. The minimum absolute atomic E-state index is 0.0561. The normalized spacial score (nSPS) is 14.6. The molecule has 0 aliphatic carbocycles. The lowest BCUT2D eigenvalue weighted by molar-refractivity contribution is -0.131. The Labute approximate surface area is 91.8 Å². The Kier molecular flexibility index (Phi) is 2.68. The van der Waals surface area contributed by atoms with E-state index in [1.807, 2.05) is 6.07 Å². The molecule has 2 N–H and O–H groups in total. The SMILES string of the molecule is O=C(O)C=Cc1ccc2c(n1)NC(=O)CC2. The van der Waals surface area contributed by atoms with Crippen LogP contribution in [0.1, 0.15) is 17.7 Å². The van der Waals surface area contributed by atoms with Crippen molar-refractivity contribution in [2.24, 2.45) is 0 Å². The van der Waals surface area contributed by atoms with Gasteiger partial charge in [0.2, 0.25) is 5.91 Å². The third-order valence-corrected chi connectivity index (χ3v) is 2.28. The molecule has 5 nitrogen and oxygen atoms in total. The van der Waals surface area contributed by atoms with E-state index in [2.05, 4.69) is 10.3 Å². The summed E-state index contributed by atoms with van der Waals surface area (Å²) in [7, 11) is 0. The summed E-state index contributed by atoms with van der Waals surface area (Å²) in [6, 6.07) is 3.58. The fourth-order valence-corrected chi connectivity index (χ4v) is 1.51. The molecule has 1 aromatic heterocycles. The molecule has 82 valence electrons. The maximum atomic E-state index is 11.1. The zero-order chi connectivity index (χ0) is 11.5. The van der Waals surface area contributed by atoms with Gasteiger partial charge in [-0.15, -0.1) is 0 Å². The number of carbonyl (C=O) groups excluding carboxylic acids is 1. The van der Waals surface area contributed by atoms with Crippen LogP contribution in [-0.2, 0) is 16.0 Å². The van der Waals surface area contributed by atoms with E-state index >= 15 is 0 Å². The van der Waals surface area contributed by atoms with Crippen molar-refractivity contribution in [3.8, 4) is 0 Å². The number of rotatable bonds is 2. The van der Waals surface area contributed by atoms with E-state index in [1.54, 1.807) is 6.07 Å². The molecule has 0 unspecified atom stereocenters. The predicted molar refractivity (Wildman–Crippen MR) is 57.9 cm³/mol. The second kappa shape index (κ2) is 4.14. The smallest absolute Gasteiger partial charge is 0.328 e. The Morgan fingerprint density at radius 2 is 2.25 bits per heavy atom. The molecule has 1 aliphatic rings. The Morgan fingerprint density at radius 3 is 3.00 bits per heavy atom. The van der Waals surface area contributed by atoms with Crippen LogP contribution in [-0.4, -0.2) is 22.0 Å². The molecule has 2 heterocycles. The molecule has 0 saturated heterocycles.